The maximum absolute atomic E-state index is 2.29. The number of para-hydroxylation sites is 1. The fourth-order valence-corrected chi connectivity index (χ4v) is 3.14. The Labute approximate surface area is 139 Å². The first-order chi connectivity index (χ1) is 10.8. The lowest BCUT2D eigenvalue weighted by Gasteiger charge is -2.17. The summed E-state index contributed by atoms with van der Waals surface area (Å²) in [6, 6.07) is 8.82. The lowest BCUT2D eigenvalue weighted by molar-refractivity contribution is 0.549. The van der Waals surface area contributed by atoms with E-state index in [0.29, 0.717) is 0 Å². The van der Waals surface area contributed by atoms with Crippen molar-refractivity contribution in [2.24, 2.45) is 0 Å². The summed E-state index contributed by atoms with van der Waals surface area (Å²) < 4.78 is 0. The van der Waals surface area contributed by atoms with Gasteiger partial charge in [-0.25, -0.2) is 0 Å². The van der Waals surface area contributed by atoms with Crippen molar-refractivity contribution < 1.29 is 0 Å². The van der Waals surface area contributed by atoms with Crippen LogP contribution in [0, 0.1) is 0 Å². The molecule has 0 N–H and O–H groups in total. The van der Waals surface area contributed by atoms with Crippen LogP contribution in [-0.2, 0) is 6.42 Å². The van der Waals surface area contributed by atoms with E-state index in [-0.39, 0.29) is 0 Å². The minimum atomic E-state index is 1.23. The van der Waals surface area contributed by atoms with Gasteiger partial charge in [-0.3, -0.25) is 0 Å². The Morgan fingerprint density at radius 2 is 1.18 bits per heavy atom. The van der Waals surface area contributed by atoms with E-state index >= 15 is 0 Å². The highest BCUT2D eigenvalue weighted by Gasteiger charge is 2.02. The summed E-state index contributed by atoms with van der Waals surface area (Å²) in [7, 11) is 4.28. The van der Waals surface area contributed by atoms with Crippen molar-refractivity contribution in [3.8, 4) is 0 Å². The van der Waals surface area contributed by atoms with Crippen LogP contribution in [0.1, 0.15) is 83.1 Å². The Morgan fingerprint density at radius 1 is 0.682 bits per heavy atom. The van der Waals surface area contributed by atoms with Crippen molar-refractivity contribution in [3.05, 3.63) is 29.8 Å². The minimum absolute atomic E-state index is 1.23. The molecule has 1 nitrogen and oxygen atoms in total. The van der Waals surface area contributed by atoms with E-state index in [1.165, 1.54) is 88.3 Å². The molecule has 0 bridgehead atoms. The lowest BCUT2D eigenvalue weighted by atomic mass is 10.0. The van der Waals surface area contributed by atoms with E-state index in [4.69, 9.17) is 0 Å². The molecular weight excluding hydrogens is 266 g/mol. The first-order valence-corrected chi connectivity index (χ1v) is 9.51. The average molecular weight is 304 g/mol. The molecule has 22 heavy (non-hydrogen) atoms. The normalized spacial score (nSPS) is 10.9. The summed E-state index contributed by atoms with van der Waals surface area (Å²) in [6.07, 6.45) is 16.8. The van der Waals surface area contributed by atoms with Gasteiger partial charge in [0.25, 0.3) is 0 Å². The van der Waals surface area contributed by atoms with Crippen LogP contribution in [-0.4, -0.2) is 14.1 Å². The summed E-state index contributed by atoms with van der Waals surface area (Å²) in [6.45, 7) is 2.29. The molecule has 0 aliphatic carbocycles. The quantitative estimate of drug-likeness (QED) is 0.371. The van der Waals surface area contributed by atoms with Crippen LogP contribution in [0.15, 0.2) is 24.3 Å². The van der Waals surface area contributed by atoms with Crippen LogP contribution < -0.4 is 4.90 Å². The standard InChI is InChI=1S/C21H37N/c1-4-5-6-7-8-9-10-11-12-13-14-17-20-18-15-16-19-21(20)22(2)3/h15-16,18-19H,4-14,17H2,1-3H3. The zero-order valence-electron chi connectivity index (χ0n) is 15.2. The first-order valence-electron chi connectivity index (χ1n) is 9.51. The molecule has 0 heterocycles. The SMILES string of the molecule is CCCCCCCCCCCCCc1ccccc1N(C)C. The van der Waals surface area contributed by atoms with Crippen LogP contribution in [0.25, 0.3) is 0 Å². The molecule has 0 spiro atoms. The zero-order valence-corrected chi connectivity index (χ0v) is 15.2. The third-order valence-corrected chi connectivity index (χ3v) is 4.52. The fourth-order valence-electron chi connectivity index (χ4n) is 3.14. The van der Waals surface area contributed by atoms with E-state index < -0.39 is 0 Å². The second-order valence-electron chi connectivity index (χ2n) is 6.81. The molecule has 1 aromatic carbocycles. The van der Waals surface area contributed by atoms with Gasteiger partial charge in [0.15, 0.2) is 0 Å². The van der Waals surface area contributed by atoms with Crippen molar-refractivity contribution in [2.45, 2.75) is 84.0 Å². The van der Waals surface area contributed by atoms with Gasteiger partial charge in [-0.15, -0.1) is 0 Å². The Balaban J connectivity index is 2.00. The van der Waals surface area contributed by atoms with Crippen LogP contribution in [0.2, 0.25) is 0 Å². The Hall–Kier alpha value is -0.980. The van der Waals surface area contributed by atoms with E-state index in [0.717, 1.165) is 0 Å². The van der Waals surface area contributed by atoms with E-state index in [9.17, 15) is 0 Å². The van der Waals surface area contributed by atoms with Crippen LogP contribution >= 0.6 is 0 Å². The predicted molar refractivity (Wildman–Crippen MR) is 101 cm³/mol. The molecule has 0 fully saturated rings. The maximum atomic E-state index is 2.29. The molecule has 0 radical (unpaired) electrons. The number of benzene rings is 1. The van der Waals surface area contributed by atoms with Gasteiger partial charge in [0.2, 0.25) is 0 Å². The number of hydrogen-bond donors (Lipinski definition) is 0. The molecule has 0 aliphatic rings. The topological polar surface area (TPSA) is 3.24 Å². The van der Waals surface area contributed by atoms with E-state index in [1.807, 2.05) is 0 Å². The highest BCUT2D eigenvalue weighted by molar-refractivity contribution is 5.52. The number of anilines is 1. The van der Waals surface area contributed by atoms with Crippen molar-refractivity contribution in [1.82, 2.24) is 0 Å². The number of hydrogen-bond acceptors (Lipinski definition) is 1. The molecule has 0 atom stereocenters. The highest BCUT2D eigenvalue weighted by atomic mass is 15.1. The van der Waals surface area contributed by atoms with Gasteiger partial charge < -0.3 is 4.90 Å². The van der Waals surface area contributed by atoms with Crippen LogP contribution in [0.3, 0.4) is 0 Å². The number of rotatable bonds is 13. The molecule has 0 saturated heterocycles. The molecule has 0 aliphatic heterocycles. The van der Waals surface area contributed by atoms with Gasteiger partial charge >= 0.3 is 0 Å². The Bertz CT molecular complexity index is 370. The van der Waals surface area contributed by atoms with Gasteiger partial charge in [-0.05, 0) is 24.5 Å². The summed E-state index contributed by atoms with van der Waals surface area (Å²) >= 11 is 0. The fraction of sp³-hybridized carbons (Fsp3) is 0.714. The number of nitrogens with zero attached hydrogens (tertiary/aromatic N) is 1. The largest absolute Gasteiger partial charge is 0.377 e. The Kier molecular flexibility index (Phi) is 10.9. The highest BCUT2D eigenvalue weighted by Crippen LogP contribution is 2.20. The molecule has 1 rings (SSSR count). The molecule has 0 saturated carbocycles. The Morgan fingerprint density at radius 3 is 1.73 bits per heavy atom. The second kappa shape index (κ2) is 12.6. The monoisotopic (exact) mass is 303 g/mol. The second-order valence-corrected chi connectivity index (χ2v) is 6.81. The summed E-state index contributed by atoms with van der Waals surface area (Å²) in [5.74, 6) is 0. The molecule has 0 aromatic heterocycles. The predicted octanol–water partition coefficient (Wildman–Crippen LogP) is 6.61. The number of unbranched alkanes of at least 4 members (excludes halogenated alkanes) is 10. The minimum Gasteiger partial charge on any atom is -0.377 e. The van der Waals surface area contributed by atoms with Crippen LogP contribution in [0.5, 0.6) is 0 Å². The third-order valence-electron chi connectivity index (χ3n) is 4.52. The summed E-state index contributed by atoms with van der Waals surface area (Å²) in [5.41, 5.74) is 2.89. The summed E-state index contributed by atoms with van der Waals surface area (Å²) in [5, 5.41) is 0. The van der Waals surface area contributed by atoms with E-state index in [2.05, 4.69) is 50.2 Å². The van der Waals surface area contributed by atoms with Gasteiger partial charge in [0, 0.05) is 19.8 Å². The third kappa shape index (κ3) is 8.46. The molecule has 126 valence electrons. The molecule has 0 amide bonds. The summed E-state index contributed by atoms with van der Waals surface area (Å²) in [4.78, 5) is 2.23. The first kappa shape index (κ1) is 19.1. The van der Waals surface area contributed by atoms with Crippen molar-refractivity contribution in [1.29, 1.82) is 0 Å². The smallest absolute Gasteiger partial charge is 0.0393 e. The van der Waals surface area contributed by atoms with Gasteiger partial charge in [-0.2, -0.15) is 0 Å². The van der Waals surface area contributed by atoms with Crippen LogP contribution in [0.4, 0.5) is 5.69 Å². The van der Waals surface area contributed by atoms with Gasteiger partial charge in [0.05, 0.1) is 0 Å². The molecule has 0 unspecified atom stereocenters. The average Bonchev–Trinajstić information content (AvgIpc) is 2.53. The molecule has 1 heteroatoms. The lowest BCUT2D eigenvalue weighted by Crippen LogP contribution is -2.11. The van der Waals surface area contributed by atoms with Crippen molar-refractivity contribution in [2.75, 3.05) is 19.0 Å². The molecular formula is C21H37N. The maximum Gasteiger partial charge on any atom is 0.0393 e. The van der Waals surface area contributed by atoms with E-state index in [1.54, 1.807) is 0 Å². The zero-order chi connectivity index (χ0) is 16.0. The molecule has 1 aromatic rings. The van der Waals surface area contributed by atoms with Gasteiger partial charge in [-0.1, -0.05) is 89.3 Å². The van der Waals surface area contributed by atoms with Crippen molar-refractivity contribution >= 4 is 5.69 Å². The number of aryl methyl sites for hydroxylation is 1. The van der Waals surface area contributed by atoms with Crippen molar-refractivity contribution in [3.63, 3.8) is 0 Å². The van der Waals surface area contributed by atoms with Gasteiger partial charge in [0.1, 0.15) is 0 Å².